The molecule has 1 atom stereocenters. The summed E-state index contributed by atoms with van der Waals surface area (Å²) in [6.45, 7) is 10.6. The molecule has 0 aliphatic rings. The smallest absolute Gasteiger partial charge is 0.325 e. The molecule has 0 aliphatic heterocycles. The summed E-state index contributed by atoms with van der Waals surface area (Å²) >= 11 is 0. The summed E-state index contributed by atoms with van der Waals surface area (Å²) in [6, 6.07) is -0.665. The van der Waals surface area contributed by atoms with Crippen LogP contribution in [0, 0.1) is 5.92 Å². The molecule has 0 heterocycles. The molecule has 0 aliphatic carbocycles. The van der Waals surface area contributed by atoms with Crippen molar-refractivity contribution in [2.75, 3.05) is 19.7 Å². The highest BCUT2D eigenvalue weighted by molar-refractivity contribution is 5.89. The fraction of sp³-hybridized carbons (Fsp3) is 0.643. The van der Waals surface area contributed by atoms with Crippen LogP contribution in [0.1, 0.15) is 27.7 Å². The fourth-order valence-electron chi connectivity index (χ4n) is 1.68. The zero-order chi connectivity index (χ0) is 15.7. The Bertz CT molecular complexity index is 366. The number of ether oxygens (including phenoxy) is 1. The molecule has 6 nitrogen and oxygen atoms in total. The van der Waals surface area contributed by atoms with Crippen molar-refractivity contribution in [1.29, 1.82) is 0 Å². The van der Waals surface area contributed by atoms with Gasteiger partial charge in [0.25, 0.3) is 0 Å². The van der Waals surface area contributed by atoms with Gasteiger partial charge in [0.05, 0.1) is 6.61 Å². The van der Waals surface area contributed by atoms with Crippen molar-refractivity contribution in [2.45, 2.75) is 33.7 Å². The van der Waals surface area contributed by atoms with Crippen LogP contribution < -0.4 is 5.32 Å². The Morgan fingerprint density at radius 3 is 2.35 bits per heavy atom. The number of rotatable bonds is 8. The van der Waals surface area contributed by atoms with Gasteiger partial charge in [-0.2, -0.15) is 0 Å². The van der Waals surface area contributed by atoms with Crippen molar-refractivity contribution < 1.29 is 19.1 Å². The molecule has 0 radical (unpaired) electrons. The first-order valence-electron chi connectivity index (χ1n) is 6.65. The van der Waals surface area contributed by atoms with Gasteiger partial charge in [-0.1, -0.05) is 19.9 Å². The van der Waals surface area contributed by atoms with Crippen molar-refractivity contribution >= 4 is 17.8 Å². The SMILES string of the molecule is C=CCN(CC(=O)OCC)C(=O)C(NC(C)=O)C(C)C. The average molecular weight is 284 g/mol. The Balaban J connectivity index is 4.94. The van der Waals surface area contributed by atoms with Gasteiger partial charge in [-0.05, 0) is 12.8 Å². The van der Waals surface area contributed by atoms with E-state index in [1.54, 1.807) is 6.92 Å². The maximum absolute atomic E-state index is 12.4. The lowest BCUT2D eigenvalue weighted by Gasteiger charge is -2.28. The number of hydrogen-bond donors (Lipinski definition) is 1. The van der Waals surface area contributed by atoms with Gasteiger partial charge in [0, 0.05) is 13.5 Å². The molecule has 1 unspecified atom stereocenters. The molecule has 20 heavy (non-hydrogen) atoms. The average Bonchev–Trinajstić information content (AvgIpc) is 2.34. The van der Waals surface area contributed by atoms with Crippen LogP contribution in [0.3, 0.4) is 0 Å². The summed E-state index contributed by atoms with van der Waals surface area (Å²) in [5.41, 5.74) is 0. The molecular formula is C14H24N2O4. The summed E-state index contributed by atoms with van der Waals surface area (Å²) in [5.74, 6) is -1.16. The topological polar surface area (TPSA) is 75.7 Å². The fourth-order valence-corrected chi connectivity index (χ4v) is 1.68. The lowest BCUT2D eigenvalue weighted by atomic mass is 10.0. The summed E-state index contributed by atoms with van der Waals surface area (Å²) in [5, 5.41) is 2.61. The first-order valence-corrected chi connectivity index (χ1v) is 6.65. The van der Waals surface area contributed by atoms with E-state index >= 15 is 0 Å². The van der Waals surface area contributed by atoms with Gasteiger partial charge in [0.1, 0.15) is 12.6 Å². The highest BCUT2D eigenvalue weighted by atomic mass is 16.5. The number of carbonyl (C=O) groups excluding carboxylic acids is 3. The standard InChI is InChI=1S/C14H24N2O4/c1-6-8-16(9-12(18)20-7-2)14(19)13(10(3)4)15-11(5)17/h6,10,13H,1,7-9H2,2-5H3,(H,15,17). The molecule has 0 aromatic heterocycles. The third kappa shape index (κ3) is 6.36. The molecule has 0 bridgehead atoms. The number of carbonyl (C=O) groups is 3. The van der Waals surface area contributed by atoms with Gasteiger partial charge in [-0.15, -0.1) is 6.58 Å². The maximum Gasteiger partial charge on any atom is 0.325 e. The first kappa shape index (κ1) is 18.1. The Hall–Kier alpha value is -1.85. The van der Waals surface area contributed by atoms with E-state index in [-0.39, 0.29) is 37.4 Å². The second kappa shape index (κ2) is 9.12. The van der Waals surface area contributed by atoms with Crippen LogP contribution in [-0.4, -0.2) is 48.4 Å². The largest absolute Gasteiger partial charge is 0.465 e. The molecule has 0 aromatic rings. The Morgan fingerprint density at radius 2 is 1.95 bits per heavy atom. The predicted octanol–water partition coefficient (Wildman–Crippen LogP) is 0.725. The Labute approximate surface area is 120 Å². The van der Waals surface area contributed by atoms with Crippen LogP contribution in [-0.2, 0) is 19.1 Å². The second-order valence-electron chi connectivity index (χ2n) is 4.73. The summed E-state index contributed by atoms with van der Waals surface area (Å²) in [4.78, 5) is 36.4. The number of amides is 2. The van der Waals surface area contributed by atoms with E-state index in [4.69, 9.17) is 4.74 Å². The molecular weight excluding hydrogens is 260 g/mol. The Morgan fingerprint density at radius 1 is 1.35 bits per heavy atom. The molecule has 0 fully saturated rings. The van der Waals surface area contributed by atoms with E-state index in [1.165, 1.54) is 17.9 Å². The summed E-state index contributed by atoms with van der Waals surface area (Å²) in [6.07, 6.45) is 1.53. The number of esters is 1. The van der Waals surface area contributed by atoms with E-state index in [2.05, 4.69) is 11.9 Å². The molecule has 0 rings (SSSR count). The van der Waals surface area contributed by atoms with E-state index in [0.29, 0.717) is 0 Å². The quantitative estimate of drug-likeness (QED) is 0.526. The molecule has 6 heteroatoms. The van der Waals surface area contributed by atoms with Gasteiger partial charge < -0.3 is 15.0 Å². The molecule has 114 valence electrons. The maximum atomic E-state index is 12.4. The third-order valence-corrected chi connectivity index (χ3v) is 2.58. The van der Waals surface area contributed by atoms with Crippen LogP contribution in [0.5, 0.6) is 0 Å². The predicted molar refractivity (Wildman–Crippen MR) is 75.9 cm³/mol. The summed E-state index contributed by atoms with van der Waals surface area (Å²) in [7, 11) is 0. The zero-order valence-corrected chi connectivity index (χ0v) is 12.6. The van der Waals surface area contributed by atoms with Crippen LogP contribution in [0.25, 0.3) is 0 Å². The second-order valence-corrected chi connectivity index (χ2v) is 4.73. The van der Waals surface area contributed by atoms with Crippen molar-refractivity contribution in [2.24, 2.45) is 5.92 Å². The normalized spacial score (nSPS) is 11.7. The third-order valence-electron chi connectivity index (χ3n) is 2.58. The molecule has 1 N–H and O–H groups in total. The monoisotopic (exact) mass is 284 g/mol. The lowest BCUT2D eigenvalue weighted by Crippen LogP contribution is -2.52. The van der Waals surface area contributed by atoms with Crippen LogP contribution in [0.15, 0.2) is 12.7 Å². The van der Waals surface area contributed by atoms with E-state index < -0.39 is 12.0 Å². The summed E-state index contributed by atoms with van der Waals surface area (Å²) < 4.78 is 4.84. The highest BCUT2D eigenvalue weighted by Gasteiger charge is 2.28. The van der Waals surface area contributed by atoms with Crippen molar-refractivity contribution in [3.05, 3.63) is 12.7 Å². The number of hydrogen-bond acceptors (Lipinski definition) is 4. The molecule has 0 saturated carbocycles. The zero-order valence-electron chi connectivity index (χ0n) is 12.6. The Kier molecular flexibility index (Phi) is 8.27. The van der Waals surface area contributed by atoms with Gasteiger partial charge in [-0.3, -0.25) is 14.4 Å². The molecule has 0 aromatic carbocycles. The van der Waals surface area contributed by atoms with Crippen molar-refractivity contribution in [1.82, 2.24) is 10.2 Å². The minimum absolute atomic E-state index is 0.0825. The van der Waals surface area contributed by atoms with Gasteiger partial charge in [-0.25, -0.2) is 0 Å². The van der Waals surface area contributed by atoms with Crippen LogP contribution in [0.4, 0.5) is 0 Å². The van der Waals surface area contributed by atoms with Crippen LogP contribution in [0.2, 0.25) is 0 Å². The lowest BCUT2D eigenvalue weighted by molar-refractivity contribution is -0.149. The van der Waals surface area contributed by atoms with Gasteiger partial charge in [0.15, 0.2) is 0 Å². The van der Waals surface area contributed by atoms with Crippen molar-refractivity contribution in [3.8, 4) is 0 Å². The van der Waals surface area contributed by atoms with E-state index in [1.807, 2.05) is 13.8 Å². The first-order chi connectivity index (χ1) is 9.33. The minimum atomic E-state index is -0.665. The van der Waals surface area contributed by atoms with Crippen molar-refractivity contribution in [3.63, 3.8) is 0 Å². The van der Waals surface area contributed by atoms with E-state index in [0.717, 1.165) is 0 Å². The van der Waals surface area contributed by atoms with Gasteiger partial charge in [0.2, 0.25) is 11.8 Å². The minimum Gasteiger partial charge on any atom is -0.465 e. The van der Waals surface area contributed by atoms with E-state index in [9.17, 15) is 14.4 Å². The highest BCUT2D eigenvalue weighted by Crippen LogP contribution is 2.07. The number of nitrogens with zero attached hydrogens (tertiary/aromatic N) is 1. The molecule has 0 spiro atoms. The van der Waals surface area contributed by atoms with Gasteiger partial charge >= 0.3 is 5.97 Å². The molecule has 0 saturated heterocycles. The van der Waals surface area contributed by atoms with Crippen LogP contribution >= 0.6 is 0 Å². The molecule has 2 amide bonds. The number of nitrogens with one attached hydrogen (secondary N) is 1.